The minimum atomic E-state index is 0.0173. The molecular formula is C20H21BrN4O2S. The molecular weight excluding hydrogens is 440 g/mol. The van der Waals surface area contributed by atoms with E-state index in [1.807, 2.05) is 68.4 Å². The number of benzene rings is 2. The van der Waals surface area contributed by atoms with E-state index in [0.717, 1.165) is 15.9 Å². The summed E-state index contributed by atoms with van der Waals surface area (Å²) in [5, 5.41) is 7.54. The Morgan fingerprint density at radius 3 is 2.57 bits per heavy atom. The minimum absolute atomic E-state index is 0.0173. The van der Waals surface area contributed by atoms with Crippen LogP contribution < -0.4 is 9.64 Å². The number of rotatable bonds is 8. The SMILES string of the molecule is CC(C)N(C(=O)CSc1n[nH]c(COc2ccc(Br)cc2)n1)c1ccccc1. The molecule has 0 fully saturated rings. The van der Waals surface area contributed by atoms with Gasteiger partial charge in [0.25, 0.3) is 0 Å². The monoisotopic (exact) mass is 460 g/mol. The highest BCUT2D eigenvalue weighted by molar-refractivity contribution is 9.10. The van der Waals surface area contributed by atoms with Crippen LogP contribution in [0.25, 0.3) is 0 Å². The van der Waals surface area contributed by atoms with Crippen molar-refractivity contribution in [2.45, 2.75) is 31.7 Å². The summed E-state index contributed by atoms with van der Waals surface area (Å²) in [5.74, 6) is 1.64. The van der Waals surface area contributed by atoms with E-state index in [-0.39, 0.29) is 24.3 Å². The first-order valence-electron chi connectivity index (χ1n) is 8.82. The summed E-state index contributed by atoms with van der Waals surface area (Å²) in [5.41, 5.74) is 0.890. The number of para-hydroxylation sites is 1. The molecule has 0 saturated heterocycles. The number of halogens is 1. The molecule has 0 aliphatic rings. The Balaban J connectivity index is 1.54. The number of nitrogens with one attached hydrogen (secondary N) is 1. The largest absolute Gasteiger partial charge is 0.486 e. The van der Waals surface area contributed by atoms with Gasteiger partial charge in [-0.1, -0.05) is 45.9 Å². The van der Waals surface area contributed by atoms with Crippen molar-refractivity contribution in [3.8, 4) is 5.75 Å². The number of ether oxygens (including phenoxy) is 1. The fourth-order valence-corrected chi connectivity index (χ4v) is 3.54. The smallest absolute Gasteiger partial charge is 0.237 e. The molecule has 6 nitrogen and oxygen atoms in total. The van der Waals surface area contributed by atoms with Crippen molar-refractivity contribution in [2.75, 3.05) is 10.7 Å². The molecule has 3 rings (SSSR count). The lowest BCUT2D eigenvalue weighted by Gasteiger charge is -2.26. The number of aromatic nitrogens is 3. The molecule has 0 atom stereocenters. The van der Waals surface area contributed by atoms with E-state index >= 15 is 0 Å². The van der Waals surface area contributed by atoms with Crippen LogP contribution in [0.15, 0.2) is 64.2 Å². The summed E-state index contributed by atoms with van der Waals surface area (Å²) < 4.78 is 6.67. The third kappa shape index (κ3) is 5.59. The first-order chi connectivity index (χ1) is 13.5. The van der Waals surface area contributed by atoms with Gasteiger partial charge in [0.1, 0.15) is 12.4 Å². The zero-order valence-corrected chi connectivity index (χ0v) is 18.0. The molecule has 2 aromatic carbocycles. The highest BCUT2D eigenvalue weighted by Gasteiger charge is 2.19. The molecule has 0 bridgehead atoms. The number of amides is 1. The van der Waals surface area contributed by atoms with E-state index in [0.29, 0.717) is 11.0 Å². The summed E-state index contributed by atoms with van der Waals surface area (Å²) in [6, 6.07) is 17.3. The molecule has 0 aliphatic heterocycles. The van der Waals surface area contributed by atoms with Gasteiger partial charge in [0.2, 0.25) is 11.1 Å². The molecule has 1 heterocycles. The van der Waals surface area contributed by atoms with Gasteiger partial charge in [-0.05, 0) is 50.2 Å². The van der Waals surface area contributed by atoms with E-state index < -0.39 is 0 Å². The van der Waals surface area contributed by atoms with Crippen molar-refractivity contribution in [2.24, 2.45) is 0 Å². The summed E-state index contributed by atoms with van der Waals surface area (Å²) in [6.45, 7) is 4.28. The molecule has 0 radical (unpaired) electrons. The predicted octanol–water partition coefficient (Wildman–Crippen LogP) is 4.68. The van der Waals surface area contributed by atoms with Crippen LogP contribution in [0.2, 0.25) is 0 Å². The number of thioether (sulfide) groups is 1. The molecule has 3 aromatic rings. The first kappa shape index (κ1) is 20.4. The van der Waals surface area contributed by atoms with Crippen LogP contribution in [0.3, 0.4) is 0 Å². The third-order valence-electron chi connectivity index (χ3n) is 3.84. The quantitative estimate of drug-likeness (QED) is 0.494. The molecule has 0 saturated carbocycles. The standard InChI is InChI=1S/C20H21BrN4O2S/c1-14(2)25(16-6-4-3-5-7-16)19(26)13-28-20-22-18(23-24-20)12-27-17-10-8-15(21)9-11-17/h3-11,14H,12-13H2,1-2H3,(H,22,23,24). The number of carbonyl (C=O) groups is 1. The van der Waals surface area contributed by atoms with Crippen LogP contribution in [0, 0.1) is 0 Å². The second-order valence-corrected chi connectivity index (χ2v) is 8.15. The summed E-state index contributed by atoms with van der Waals surface area (Å²) in [7, 11) is 0. The molecule has 1 N–H and O–H groups in total. The Bertz CT molecular complexity index is 900. The molecule has 0 spiro atoms. The summed E-state index contributed by atoms with van der Waals surface area (Å²) >= 11 is 4.70. The number of hydrogen-bond donors (Lipinski definition) is 1. The van der Waals surface area contributed by atoms with Gasteiger partial charge in [0, 0.05) is 16.2 Å². The number of hydrogen-bond acceptors (Lipinski definition) is 5. The van der Waals surface area contributed by atoms with Gasteiger partial charge < -0.3 is 9.64 Å². The van der Waals surface area contributed by atoms with Gasteiger partial charge in [-0.25, -0.2) is 4.98 Å². The summed E-state index contributed by atoms with van der Waals surface area (Å²) in [6.07, 6.45) is 0. The Labute approximate surface area is 176 Å². The van der Waals surface area contributed by atoms with Gasteiger partial charge in [0.05, 0.1) is 5.75 Å². The van der Waals surface area contributed by atoms with Crippen LogP contribution in [0.4, 0.5) is 5.69 Å². The second-order valence-electron chi connectivity index (χ2n) is 6.29. The lowest BCUT2D eigenvalue weighted by molar-refractivity contribution is -0.116. The van der Waals surface area contributed by atoms with Gasteiger partial charge in [-0.15, -0.1) is 5.10 Å². The fraction of sp³-hybridized carbons (Fsp3) is 0.250. The number of carbonyl (C=O) groups excluding carboxylic acids is 1. The van der Waals surface area contributed by atoms with E-state index in [4.69, 9.17) is 4.74 Å². The normalized spacial score (nSPS) is 10.9. The van der Waals surface area contributed by atoms with Gasteiger partial charge in [-0.3, -0.25) is 9.89 Å². The Kier molecular flexibility index (Phi) is 7.11. The van der Waals surface area contributed by atoms with Crippen LogP contribution in [-0.2, 0) is 11.4 Å². The van der Waals surface area contributed by atoms with Gasteiger partial charge in [-0.2, -0.15) is 0 Å². The second kappa shape index (κ2) is 9.75. The number of aromatic amines is 1. The third-order valence-corrected chi connectivity index (χ3v) is 5.21. The lowest BCUT2D eigenvalue weighted by Crippen LogP contribution is -2.38. The maximum absolute atomic E-state index is 12.7. The minimum Gasteiger partial charge on any atom is -0.486 e. The van der Waals surface area contributed by atoms with E-state index in [1.54, 1.807) is 4.90 Å². The average molecular weight is 461 g/mol. The Hall–Kier alpha value is -2.32. The molecule has 1 aromatic heterocycles. The van der Waals surface area contributed by atoms with Crippen molar-refractivity contribution in [3.63, 3.8) is 0 Å². The molecule has 146 valence electrons. The fourth-order valence-electron chi connectivity index (χ4n) is 2.60. The molecule has 0 aliphatic carbocycles. The van der Waals surface area contributed by atoms with Crippen molar-refractivity contribution < 1.29 is 9.53 Å². The highest BCUT2D eigenvalue weighted by Crippen LogP contribution is 2.21. The maximum atomic E-state index is 12.7. The van der Waals surface area contributed by atoms with Gasteiger partial charge in [0.15, 0.2) is 5.82 Å². The van der Waals surface area contributed by atoms with E-state index in [1.165, 1.54) is 11.8 Å². The maximum Gasteiger partial charge on any atom is 0.237 e. The average Bonchev–Trinajstić information content (AvgIpc) is 3.14. The van der Waals surface area contributed by atoms with Crippen molar-refractivity contribution in [3.05, 3.63) is 64.9 Å². The van der Waals surface area contributed by atoms with Crippen molar-refractivity contribution >= 4 is 39.3 Å². The molecule has 0 unspecified atom stereocenters. The van der Waals surface area contributed by atoms with Gasteiger partial charge >= 0.3 is 0 Å². The Morgan fingerprint density at radius 1 is 1.18 bits per heavy atom. The zero-order chi connectivity index (χ0) is 19.9. The van der Waals surface area contributed by atoms with Crippen molar-refractivity contribution in [1.82, 2.24) is 15.2 Å². The van der Waals surface area contributed by atoms with Crippen LogP contribution in [-0.4, -0.2) is 32.9 Å². The topological polar surface area (TPSA) is 71.1 Å². The van der Waals surface area contributed by atoms with Crippen LogP contribution in [0.1, 0.15) is 19.7 Å². The number of anilines is 1. The van der Waals surface area contributed by atoms with E-state index in [9.17, 15) is 4.79 Å². The number of nitrogens with zero attached hydrogens (tertiary/aromatic N) is 3. The van der Waals surface area contributed by atoms with E-state index in [2.05, 4.69) is 31.1 Å². The summed E-state index contributed by atoms with van der Waals surface area (Å²) in [4.78, 5) is 18.9. The first-order valence-corrected chi connectivity index (χ1v) is 10.6. The van der Waals surface area contributed by atoms with Crippen LogP contribution in [0.5, 0.6) is 5.75 Å². The lowest BCUT2D eigenvalue weighted by atomic mass is 10.2. The van der Waals surface area contributed by atoms with Crippen molar-refractivity contribution in [1.29, 1.82) is 0 Å². The number of H-pyrrole nitrogens is 1. The molecule has 28 heavy (non-hydrogen) atoms. The predicted molar refractivity (Wildman–Crippen MR) is 115 cm³/mol. The van der Waals surface area contributed by atoms with Crippen LogP contribution >= 0.6 is 27.7 Å². The zero-order valence-electron chi connectivity index (χ0n) is 15.6. The Morgan fingerprint density at radius 2 is 1.89 bits per heavy atom. The molecule has 1 amide bonds. The highest BCUT2D eigenvalue weighted by atomic mass is 79.9. The molecule has 8 heteroatoms.